The summed E-state index contributed by atoms with van der Waals surface area (Å²) in [5.74, 6) is 0. The van der Waals surface area contributed by atoms with Crippen LogP contribution in [0.3, 0.4) is 0 Å². The van der Waals surface area contributed by atoms with Gasteiger partial charge in [-0.3, -0.25) is 0 Å². The third kappa shape index (κ3) is 1.92. The fourth-order valence-corrected chi connectivity index (χ4v) is 3.82. The minimum absolute atomic E-state index is 1.02. The van der Waals surface area contributed by atoms with Gasteiger partial charge in [-0.15, -0.1) is 0 Å². The van der Waals surface area contributed by atoms with Gasteiger partial charge in [-0.25, -0.2) is 0 Å². The molecule has 0 saturated carbocycles. The van der Waals surface area contributed by atoms with Crippen LogP contribution in [-0.2, 0) is 6.42 Å². The molecular weight excluding hydrogens is 276 g/mol. The van der Waals surface area contributed by atoms with Gasteiger partial charge in [-0.05, 0) is 56.6 Å². The van der Waals surface area contributed by atoms with Crippen molar-refractivity contribution >= 4 is 10.8 Å². The van der Waals surface area contributed by atoms with Crippen LogP contribution >= 0.6 is 0 Å². The summed E-state index contributed by atoms with van der Waals surface area (Å²) in [6.07, 6.45) is 1.02. The van der Waals surface area contributed by atoms with Gasteiger partial charge in [0.1, 0.15) is 0 Å². The summed E-state index contributed by atoms with van der Waals surface area (Å²) in [4.78, 5) is 0. The predicted octanol–water partition coefficient (Wildman–Crippen LogP) is 6.08. The molecule has 108 valence electrons. The minimum atomic E-state index is 1.02. The second-order valence-corrected chi connectivity index (χ2v) is 6.24. The molecule has 1 aliphatic carbocycles. The smallest absolute Gasteiger partial charge is 0.00130 e. The van der Waals surface area contributed by atoms with Gasteiger partial charge in [0.05, 0.1) is 0 Å². The first-order valence-corrected chi connectivity index (χ1v) is 8.09. The Labute approximate surface area is 136 Å². The van der Waals surface area contributed by atoms with Gasteiger partial charge < -0.3 is 0 Å². The Morgan fingerprint density at radius 2 is 1.30 bits per heavy atom. The van der Waals surface area contributed by atoms with E-state index in [0.29, 0.717) is 0 Å². The van der Waals surface area contributed by atoms with E-state index in [1.165, 1.54) is 44.2 Å². The third-order valence-corrected chi connectivity index (χ3v) is 4.85. The standard InChI is InChI=1S/C23H16/c1-2-7-16(8-3-1)19-14-18-10-6-12-22-21-11-5-4-9-17(21)13-20(15-19)23(18)22/h1-12,14-15H,13H2. The van der Waals surface area contributed by atoms with E-state index in [1.807, 2.05) is 0 Å². The van der Waals surface area contributed by atoms with Gasteiger partial charge >= 0.3 is 0 Å². The first-order chi connectivity index (χ1) is 11.4. The molecular formula is C23H16. The van der Waals surface area contributed by atoms with E-state index in [1.54, 1.807) is 0 Å². The van der Waals surface area contributed by atoms with Crippen molar-refractivity contribution in [2.24, 2.45) is 0 Å². The Kier molecular flexibility index (Phi) is 2.65. The van der Waals surface area contributed by atoms with E-state index in [2.05, 4.69) is 84.9 Å². The maximum atomic E-state index is 2.37. The molecule has 0 unspecified atom stereocenters. The lowest BCUT2D eigenvalue weighted by Crippen LogP contribution is -2.01. The van der Waals surface area contributed by atoms with E-state index in [0.717, 1.165) is 6.42 Å². The molecule has 0 atom stereocenters. The summed E-state index contributed by atoms with van der Waals surface area (Å²) in [6, 6.07) is 30.8. The van der Waals surface area contributed by atoms with Crippen molar-refractivity contribution < 1.29 is 0 Å². The number of hydrogen-bond acceptors (Lipinski definition) is 0. The highest BCUT2D eigenvalue weighted by molar-refractivity contribution is 6.03. The molecule has 0 amide bonds. The molecule has 0 nitrogen and oxygen atoms in total. The van der Waals surface area contributed by atoms with Crippen molar-refractivity contribution in [3.63, 3.8) is 0 Å². The lowest BCUT2D eigenvalue weighted by Gasteiger charge is -2.21. The molecule has 23 heavy (non-hydrogen) atoms. The van der Waals surface area contributed by atoms with Gasteiger partial charge in [0.15, 0.2) is 0 Å². The van der Waals surface area contributed by atoms with Gasteiger partial charge in [0.25, 0.3) is 0 Å². The molecule has 0 saturated heterocycles. The molecule has 0 spiro atoms. The highest BCUT2D eigenvalue weighted by atomic mass is 14.2. The molecule has 0 fully saturated rings. The molecule has 0 bridgehead atoms. The van der Waals surface area contributed by atoms with Gasteiger partial charge in [-0.1, -0.05) is 78.9 Å². The molecule has 0 heterocycles. The second-order valence-electron chi connectivity index (χ2n) is 6.24. The van der Waals surface area contributed by atoms with Crippen molar-refractivity contribution in [2.75, 3.05) is 0 Å². The Morgan fingerprint density at radius 3 is 2.22 bits per heavy atom. The van der Waals surface area contributed by atoms with Crippen LogP contribution in [0.2, 0.25) is 0 Å². The van der Waals surface area contributed by atoms with Crippen LogP contribution in [0.25, 0.3) is 33.0 Å². The topological polar surface area (TPSA) is 0 Å². The van der Waals surface area contributed by atoms with Gasteiger partial charge in [0.2, 0.25) is 0 Å². The molecule has 4 aromatic carbocycles. The summed E-state index contributed by atoms with van der Waals surface area (Å²) in [7, 11) is 0. The SMILES string of the molecule is c1ccc(-c2cc3c4c(cccc4c2)-c2ccccc2C3)cc1. The summed E-state index contributed by atoms with van der Waals surface area (Å²) in [5, 5.41) is 2.76. The zero-order valence-corrected chi connectivity index (χ0v) is 12.8. The molecule has 0 N–H and O–H groups in total. The van der Waals surface area contributed by atoms with Crippen LogP contribution in [0.5, 0.6) is 0 Å². The summed E-state index contributed by atoms with van der Waals surface area (Å²) in [5.41, 5.74) is 8.23. The van der Waals surface area contributed by atoms with Gasteiger partial charge in [0, 0.05) is 0 Å². The third-order valence-electron chi connectivity index (χ3n) is 4.85. The minimum Gasteiger partial charge on any atom is -0.0622 e. The predicted molar refractivity (Wildman–Crippen MR) is 97.6 cm³/mol. The summed E-state index contributed by atoms with van der Waals surface area (Å²) in [6.45, 7) is 0. The van der Waals surface area contributed by atoms with Crippen molar-refractivity contribution in [1.29, 1.82) is 0 Å². The summed E-state index contributed by atoms with van der Waals surface area (Å²) >= 11 is 0. The van der Waals surface area contributed by atoms with E-state index in [4.69, 9.17) is 0 Å². The first kappa shape index (κ1) is 12.7. The molecule has 1 aliphatic rings. The van der Waals surface area contributed by atoms with Crippen LogP contribution in [0.15, 0.2) is 84.9 Å². The fourth-order valence-electron chi connectivity index (χ4n) is 3.82. The van der Waals surface area contributed by atoms with Crippen molar-refractivity contribution in [1.82, 2.24) is 0 Å². The van der Waals surface area contributed by atoms with E-state index >= 15 is 0 Å². The summed E-state index contributed by atoms with van der Waals surface area (Å²) < 4.78 is 0. The molecule has 0 aliphatic heterocycles. The Balaban J connectivity index is 1.84. The fraction of sp³-hybridized carbons (Fsp3) is 0.0435. The average Bonchev–Trinajstić information content (AvgIpc) is 2.62. The van der Waals surface area contributed by atoms with Crippen LogP contribution in [0.4, 0.5) is 0 Å². The molecule has 0 heteroatoms. The lowest BCUT2D eigenvalue weighted by molar-refractivity contribution is 1.20. The molecule has 0 radical (unpaired) electrons. The van der Waals surface area contributed by atoms with E-state index < -0.39 is 0 Å². The maximum absolute atomic E-state index is 2.37. The number of rotatable bonds is 1. The Morgan fingerprint density at radius 1 is 0.522 bits per heavy atom. The zero-order chi connectivity index (χ0) is 15.2. The van der Waals surface area contributed by atoms with Crippen LogP contribution in [0.1, 0.15) is 11.1 Å². The molecule has 4 aromatic rings. The quantitative estimate of drug-likeness (QED) is 0.351. The van der Waals surface area contributed by atoms with Crippen molar-refractivity contribution in [2.45, 2.75) is 6.42 Å². The van der Waals surface area contributed by atoms with Crippen LogP contribution in [-0.4, -0.2) is 0 Å². The number of hydrogen-bond donors (Lipinski definition) is 0. The Hall–Kier alpha value is -2.86. The van der Waals surface area contributed by atoms with Crippen LogP contribution in [0, 0.1) is 0 Å². The molecule has 5 rings (SSSR count). The first-order valence-electron chi connectivity index (χ1n) is 8.09. The highest BCUT2D eigenvalue weighted by Crippen LogP contribution is 2.41. The average molecular weight is 292 g/mol. The van der Waals surface area contributed by atoms with Crippen LogP contribution < -0.4 is 0 Å². The molecule has 0 aromatic heterocycles. The second kappa shape index (κ2) is 4.82. The highest BCUT2D eigenvalue weighted by Gasteiger charge is 2.18. The number of fused-ring (bicyclic) bond motifs is 2. The normalized spacial score (nSPS) is 12.2. The largest absolute Gasteiger partial charge is 0.0622 e. The monoisotopic (exact) mass is 292 g/mol. The Bertz CT molecular complexity index is 1030. The maximum Gasteiger partial charge on any atom is -0.00130 e. The van der Waals surface area contributed by atoms with Crippen molar-refractivity contribution in [3.05, 3.63) is 96.1 Å². The zero-order valence-electron chi connectivity index (χ0n) is 12.8. The number of benzene rings is 4. The lowest BCUT2D eigenvalue weighted by atomic mass is 9.82. The van der Waals surface area contributed by atoms with Crippen molar-refractivity contribution in [3.8, 4) is 22.3 Å². The van der Waals surface area contributed by atoms with Gasteiger partial charge in [-0.2, -0.15) is 0 Å². The van der Waals surface area contributed by atoms with E-state index in [-0.39, 0.29) is 0 Å². The van der Waals surface area contributed by atoms with E-state index in [9.17, 15) is 0 Å².